The summed E-state index contributed by atoms with van der Waals surface area (Å²) in [5.74, 6) is 0. The van der Waals surface area contributed by atoms with Crippen molar-refractivity contribution in [1.82, 2.24) is 14.8 Å². The van der Waals surface area contributed by atoms with Crippen LogP contribution in [-0.4, -0.2) is 47.0 Å². The van der Waals surface area contributed by atoms with Crippen LogP contribution in [0, 0.1) is 0 Å². The standard InChI is InChI=1S/C13H24N4S/c1-10(14)12-15-11(8-18-12)7-17-6-5-16(4)13(2,3)9-17/h8,10H,5-7,9,14H2,1-4H3. The van der Waals surface area contributed by atoms with Gasteiger partial charge in [-0.2, -0.15) is 0 Å². The van der Waals surface area contributed by atoms with E-state index in [0.29, 0.717) is 0 Å². The summed E-state index contributed by atoms with van der Waals surface area (Å²) in [6.45, 7) is 10.9. The van der Waals surface area contributed by atoms with Crippen LogP contribution in [0.5, 0.6) is 0 Å². The quantitative estimate of drug-likeness (QED) is 0.906. The van der Waals surface area contributed by atoms with Gasteiger partial charge in [-0.3, -0.25) is 9.80 Å². The van der Waals surface area contributed by atoms with Gasteiger partial charge in [0, 0.05) is 37.1 Å². The van der Waals surface area contributed by atoms with E-state index in [1.807, 2.05) is 6.92 Å². The van der Waals surface area contributed by atoms with Crippen LogP contribution in [0.4, 0.5) is 0 Å². The highest BCUT2D eigenvalue weighted by Gasteiger charge is 2.31. The third kappa shape index (κ3) is 3.09. The van der Waals surface area contributed by atoms with E-state index in [0.717, 1.165) is 36.9 Å². The molecule has 1 aliphatic heterocycles. The first-order chi connectivity index (χ1) is 8.38. The molecule has 18 heavy (non-hydrogen) atoms. The van der Waals surface area contributed by atoms with Crippen LogP contribution in [0.1, 0.15) is 37.5 Å². The molecule has 1 fully saturated rings. The first kappa shape index (κ1) is 13.9. The molecule has 0 spiro atoms. The molecular weight excluding hydrogens is 244 g/mol. The molecule has 0 aliphatic carbocycles. The molecule has 0 bridgehead atoms. The second kappa shape index (κ2) is 5.25. The number of nitrogens with zero attached hydrogens (tertiary/aromatic N) is 3. The molecule has 0 saturated carbocycles. The highest BCUT2D eigenvalue weighted by Crippen LogP contribution is 2.22. The Labute approximate surface area is 114 Å². The molecule has 1 aromatic rings. The molecular formula is C13H24N4S. The lowest BCUT2D eigenvalue weighted by Gasteiger charge is -2.45. The summed E-state index contributed by atoms with van der Waals surface area (Å²) in [6, 6.07) is 0.0488. The van der Waals surface area contributed by atoms with Crippen LogP contribution in [0.25, 0.3) is 0 Å². The number of hydrogen-bond donors (Lipinski definition) is 1. The Kier molecular flexibility index (Phi) is 4.06. The lowest BCUT2D eigenvalue weighted by atomic mass is 10.00. The monoisotopic (exact) mass is 268 g/mol. The molecule has 0 aromatic carbocycles. The van der Waals surface area contributed by atoms with Crippen molar-refractivity contribution in [2.45, 2.75) is 38.9 Å². The topological polar surface area (TPSA) is 45.4 Å². The van der Waals surface area contributed by atoms with E-state index in [4.69, 9.17) is 5.73 Å². The second-order valence-corrected chi connectivity index (χ2v) is 6.80. The van der Waals surface area contributed by atoms with Gasteiger partial charge >= 0.3 is 0 Å². The Bertz CT molecular complexity index is 399. The van der Waals surface area contributed by atoms with Crippen LogP contribution in [0.3, 0.4) is 0 Å². The molecule has 0 amide bonds. The first-order valence-electron chi connectivity index (χ1n) is 6.52. The van der Waals surface area contributed by atoms with Crippen molar-refractivity contribution >= 4 is 11.3 Å². The van der Waals surface area contributed by atoms with E-state index in [2.05, 4.69) is 41.1 Å². The van der Waals surface area contributed by atoms with Crippen molar-refractivity contribution in [3.05, 3.63) is 16.1 Å². The van der Waals surface area contributed by atoms with Gasteiger partial charge in [-0.15, -0.1) is 11.3 Å². The van der Waals surface area contributed by atoms with Crippen LogP contribution in [0.2, 0.25) is 0 Å². The maximum absolute atomic E-state index is 5.85. The number of rotatable bonds is 3. The van der Waals surface area contributed by atoms with Gasteiger partial charge in [0.25, 0.3) is 0 Å². The van der Waals surface area contributed by atoms with E-state index >= 15 is 0 Å². The van der Waals surface area contributed by atoms with E-state index in [9.17, 15) is 0 Å². The van der Waals surface area contributed by atoms with Crippen molar-refractivity contribution in [2.24, 2.45) is 5.73 Å². The van der Waals surface area contributed by atoms with Crippen molar-refractivity contribution in [3.63, 3.8) is 0 Å². The minimum Gasteiger partial charge on any atom is -0.322 e. The SMILES string of the molecule is CC(N)c1nc(CN2CCN(C)C(C)(C)C2)cs1. The normalized spacial score (nSPS) is 23.2. The second-order valence-electron chi connectivity index (χ2n) is 5.91. The summed E-state index contributed by atoms with van der Waals surface area (Å²) < 4.78 is 0. The largest absolute Gasteiger partial charge is 0.322 e. The average molecular weight is 268 g/mol. The van der Waals surface area contributed by atoms with E-state index < -0.39 is 0 Å². The Morgan fingerprint density at radius 2 is 2.22 bits per heavy atom. The number of likely N-dealkylation sites (N-methyl/N-ethyl adjacent to an activating group) is 1. The van der Waals surface area contributed by atoms with Crippen LogP contribution in [-0.2, 0) is 6.54 Å². The molecule has 1 saturated heterocycles. The number of hydrogen-bond acceptors (Lipinski definition) is 5. The van der Waals surface area contributed by atoms with E-state index in [1.54, 1.807) is 11.3 Å². The van der Waals surface area contributed by atoms with Gasteiger partial charge in [0.1, 0.15) is 5.01 Å². The van der Waals surface area contributed by atoms with Gasteiger partial charge in [0.05, 0.1) is 11.7 Å². The van der Waals surface area contributed by atoms with E-state index in [-0.39, 0.29) is 11.6 Å². The van der Waals surface area contributed by atoms with Crippen LogP contribution >= 0.6 is 11.3 Å². The summed E-state index contributed by atoms with van der Waals surface area (Å²) >= 11 is 1.67. The van der Waals surface area contributed by atoms with Gasteiger partial charge in [-0.05, 0) is 27.8 Å². The minimum atomic E-state index is 0.0488. The van der Waals surface area contributed by atoms with Crippen molar-refractivity contribution in [3.8, 4) is 0 Å². The molecule has 1 atom stereocenters. The Hall–Kier alpha value is -0.490. The average Bonchev–Trinajstić information content (AvgIpc) is 2.72. The number of nitrogens with two attached hydrogens (primary N) is 1. The Morgan fingerprint density at radius 3 is 2.78 bits per heavy atom. The van der Waals surface area contributed by atoms with Gasteiger partial charge in [-0.25, -0.2) is 4.98 Å². The lowest BCUT2D eigenvalue weighted by Crippen LogP contribution is -2.57. The fourth-order valence-corrected chi connectivity index (χ4v) is 3.08. The van der Waals surface area contributed by atoms with Crippen molar-refractivity contribution in [1.29, 1.82) is 0 Å². The molecule has 2 heterocycles. The summed E-state index contributed by atoms with van der Waals surface area (Å²) in [5, 5.41) is 3.18. The fourth-order valence-electron chi connectivity index (χ4n) is 2.31. The smallest absolute Gasteiger partial charge is 0.109 e. The lowest BCUT2D eigenvalue weighted by molar-refractivity contribution is 0.0355. The molecule has 2 rings (SSSR count). The first-order valence-corrected chi connectivity index (χ1v) is 7.40. The summed E-state index contributed by atoms with van der Waals surface area (Å²) in [5.41, 5.74) is 7.26. The summed E-state index contributed by atoms with van der Waals surface area (Å²) in [6.07, 6.45) is 0. The molecule has 2 N–H and O–H groups in total. The molecule has 1 aromatic heterocycles. The Balaban J connectivity index is 1.97. The third-order valence-electron chi connectivity index (χ3n) is 3.74. The molecule has 1 unspecified atom stereocenters. The molecule has 5 heteroatoms. The predicted octanol–water partition coefficient (Wildman–Crippen LogP) is 1.69. The number of aromatic nitrogens is 1. The zero-order valence-electron chi connectivity index (χ0n) is 11.8. The van der Waals surface area contributed by atoms with Gasteiger partial charge in [0.2, 0.25) is 0 Å². The summed E-state index contributed by atoms with van der Waals surface area (Å²) in [4.78, 5) is 9.52. The number of thiazole rings is 1. The van der Waals surface area contributed by atoms with Crippen LogP contribution in [0.15, 0.2) is 5.38 Å². The third-order valence-corrected chi connectivity index (χ3v) is 4.83. The minimum absolute atomic E-state index is 0.0488. The molecule has 102 valence electrons. The van der Waals surface area contributed by atoms with Crippen LogP contribution < -0.4 is 5.73 Å². The zero-order valence-corrected chi connectivity index (χ0v) is 12.6. The molecule has 4 nitrogen and oxygen atoms in total. The van der Waals surface area contributed by atoms with E-state index in [1.165, 1.54) is 0 Å². The molecule has 0 radical (unpaired) electrons. The van der Waals surface area contributed by atoms with Crippen molar-refractivity contribution in [2.75, 3.05) is 26.7 Å². The highest BCUT2D eigenvalue weighted by molar-refractivity contribution is 7.09. The Morgan fingerprint density at radius 1 is 1.50 bits per heavy atom. The molecule has 1 aliphatic rings. The van der Waals surface area contributed by atoms with Gasteiger partial charge in [-0.1, -0.05) is 0 Å². The maximum atomic E-state index is 5.85. The van der Waals surface area contributed by atoms with Crippen molar-refractivity contribution < 1.29 is 0 Å². The fraction of sp³-hybridized carbons (Fsp3) is 0.769. The summed E-state index contributed by atoms with van der Waals surface area (Å²) in [7, 11) is 2.20. The highest BCUT2D eigenvalue weighted by atomic mass is 32.1. The zero-order chi connectivity index (χ0) is 13.3. The maximum Gasteiger partial charge on any atom is 0.109 e. The predicted molar refractivity (Wildman–Crippen MR) is 76.7 cm³/mol. The van der Waals surface area contributed by atoms with Gasteiger partial charge in [0.15, 0.2) is 0 Å². The van der Waals surface area contributed by atoms with Gasteiger partial charge < -0.3 is 5.73 Å². The number of piperazine rings is 1.